The molecule has 7 heteroatoms. The Morgan fingerprint density at radius 1 is 1.25 bits per heavy atom. The van der Waals surface area contributed by atoms with E-state index in [2.05, 4.69) is 4.99 Å². The largest absolute Gasteiger partial charge is 0.402 e. The summed E-state index contributed by atoms with van der Waals surface area (Å²) in [5.41, 5.74) is 1.64. The van der Waals surface area contributed by atoms with E-state index in [1.165, 1.54) is 6.07 Å². The van der Waals surface area contributed by atoms with Crippen molar-refractivity contribution in [3.8, 4) is 0 Å². The molecular weight excluding hydrogens is 332 g/mol. The second kappa shape index (κ2) is 6.25. The van der Waals surface area contributed by atoms with Crippen molar-refractivity contribution in [1.82, 2.24) is 0 Å². The molecule has 0 unspecified atom stereocenters. The molecule has 0 spiro atoms. The number of rotatable bonds is 3. The maximum Gasteiger partial charge on any atom is 0.363 e. The van der Waals surface area contributed by atoms with Gasteiger partial charge in [0.2, 0.25) is 5.90 Å². The van der Waals surface area contributed by atoms with Gasteiger partial charge < -0.3 is 4.74 Å². The van der Waals surface area contributed by atoms with Gasteiger partial charge in [0.15, 0.2) is 5.70 Å². The Morgan fingerprint density at radius 3 is 2.75 bits per heavy atom. The quantitative estimate of drug-likeness (QED) is 0.366. The number of hydrogen-bond donors (Lipinski definition) is 0. The number of nitro benzene ring substituents is 1. The lowest BCUT2D eigenvalue weighted by Gasteiger charge is -2.01. The molecule has 0 atom stereocenters. The molecular formula is C17H11ClN2O4. The van der Waals surface area contributed by atoms with Crippen molar-refractivity contribution in [1.29, 1.82) is 0 Å². The van der Waals surface area contributed by atoms with E-state index < -0.39 is 10.9 Å². The third kappa shape index (κ3) is 3.18. The molecule has 1 heterocycles. The molecule has 0 N–H and O–H groups in total. The number of carbonyl (C=O) groups is 1. The Morgan fingerprint density at radius 2 is 2.04 bits per heavy atom. The number of benzene rings is 2. The van der Waals surface area contributed by atoms with Gasteiger partial charge in [0.25, 0.3) is 5.69 Å². The first kappa shape index (κ1) is 15.9. The fourth-order valence-corrected chi connectivity index (χ4v) is 2.42. The van der Waals surface area contributed by atoms with Crippen LogP contribution in [0.1, 0.15) is 16.7 Å². The highest BCUT2D eigenvalue weighted by atomic mass is 35.5. The van der Waals surface area contributed by atoms with Crippen molar-refractivity contribution < 1.29 is 14.5 Å². The number of aryl methyl sites for hydroxylation is 1. The molecule has 0 aromatic heterocycles. The lowest BCUT2D eigenvalue weighted by Crippen LogP contribution is -2.06. The zero-order chi connectivity index (χ0) is 17.3. The molecule has 1 aliphatic rings. The van der Waals surface area contributed by atoms with Gasteiger partial charge in [-0.2, -0.15) is 0 Å². The number of carbonyl (C=O) groups excluding carboxylic acids is 1. The standard InChI is InChI=1S/C17H11ClN2O4/c1-10-5-6-12(9-15(10)20(22)23)16-19-14(17(21)24-16)8-11-3-2-4-13(18)7-11/h2-9H,1H3/b14-8-. The molecule has 0 fully saturated rings. The number of aliphatic imine (C=N–C) groups is 1. The van der Waals surface area contributed by atoms with Gasteiger partial charge in [0.05, 0.1) is 4.92 Å². The molecule has 24 heavy (non-hydrogen) atoms. The molecule has 0 amide bonds. The summed E-state index contributed by atoms with van der Waals surface area (Å²) in [6, 6.07) is 11.5. The van der Waals surface area contributed by atoms with E-state index in [0.29, 0.717) is 21.7 Å². The Labute approximate surface area is 142 Å². The third-order valence-corrected chi connectivity index (χ3v) is 3.66. The summed E-state index contributed by atoms with van der Waals surface area (Å²) in [6.07, 6.45) is 1.55. The Balaban J connectivity index is 1.98. The van der Waals surface area contributed by atoms with Crippen LogP contribution in [0.15, 0.2) is 53.2 Å². The highest BCUT2D eigenvalue weighted by Gasteiger charge is 2.25. The second-order valence-electron chi connectivity index (χ2n) is 5.15. The van der Waals surface area contributed by atoms with E-state index in [4.69, 9.17) is 16.3 Å². The topological polar surface area (TPSA) is 81.8 Å². The van der Waals surface area contributed by atoms with Crippen LogP contribution in [-0.2, 0) is 9.53 Å². The van der Waals surface area contributed by atoms with Crippen LogP contribution in [0.3, 0.4) is 0 Å². The van der Waals surface area contributed by atoms with Crippen LogP contribution in [0.5, 0.6) is 0 Å². The number of ether oxygens (including phenoxy) is 1. The molecule has 2 aromatic rings. The van der Waals surface area contributed by atoms with Gasteiger partial charge in [-0.3, -0.25) is 10.1 Å². The second-order valence-corrected chi connectivity index (χ2v) is 5.59. The minimum absolute atomic E-state index is 0.0383. The lowest BCUT2D eigenvalue weighted by atomic mass is 10.1. The average Bonchev–Trinajstić information content (AvgIpc) is 2.88. The molecule has 0 aliphatic carbocycles. The van der Waals surface area contributed by atoms with Crippen molar-refractivity contribution in [3.63, 3.8) is 0 Å². The van der Waals surface area contributed by atoms with Gasteiger partial charge in [-0.05, 0) is 36.8 Å². The number of nitro groups is 1. The van der Waals surface area contributed by atoms with Crippen LogP contribution in [-0.4, -0.2) is 16.8 Å². The van der Waals surface area contributed by atoms with Gasteiger partial charge in [0.1, 0.15) is 0 Å². The fourth-order valence-electron chi connectivity index (χ4n) is 2.23. The summed E-state index contributed by atoms with van der Waals surface area (Å²) in [4.78, 5) is 26.6. The highest BCUT2D eigenvalue weighted by molar-refractivity contribution is 6.30. The van der Waals surface area contributed by atoms with Crippen LogP contribution < -0.4 is 0 Å². The first-order valence-corrected chi connectivity index (χ1v) is 7.35. The van der Waals surface area contributed by atoms with E-state index >= 15 is 0 Å². The monoisotopic (exact) mass is 342 g/mol. The number of halogens is 1. The van der Waals surface area contributed by atoms with Crippen LogP contribution >= 0.6 is 11.6 Å². The molecule has 120 valence electrons. The summed E-state index contributed by atoms with van der Waals surface area (Å²) in [5.74, 6) is -0.579. The summed E-state index contributed by atoms with van der Waals surface area (Å²) in [6.45, 7) is 1.63. The molecule has 0 radical (unpaired) electrons. The van der Waals surface area contributed by atoms with Crippen molar-refractivity contribution >= 4 is 35.2 Å². The van der Waals surface area contributed by atoms with Crippen molar-refractivity contribution in [2.45, 2.75) is 6.92 Å². The summed E-state index contributed by atoms with van der Waals surface area (Å²) >= 11 is 5.91. The molecule has 0 saturated carbocycles. The predicted molar refractivity (Wildman–Crippen MR) is 89.9 cm³/mol. The minimum atomic E-state index is -0.617. The highest BCUT2D eigenvalue weighted by Crippen LogP contribution is 2.24. The number of nitrogens with zero attached hydrogens (tertiary/aromatic N) is 2. The van der Waals surface area contributed by atoms with Gasteiger partial charge >= 0.3 is 5.97 Å². The van der Waals surface area contributed by atoms with Gasteiger partial charge in [-0.15, -0.1) is 0 Å². The summed E-state index contributed by atoms with van der Waals surface area (Å²) in [7, 11) is 0. The normalized spacial score (nSPS) is 15.3. The number of esters is 1. The molecule has 3 rings (SSSR count). The van der Waals surface area contributed by atoms with E-state index in [0.717, 1.165) is 0 Å². The molecule has 0 saturated heterocycles. The lowest BCUT2D eigenvalue weighted by molar-refractivity contribution is -0.385. The predicted octanol–water partition coefficient (Wildman–Crippen LogP) is 3.90. The van der Waals surface area contributed by atoms with Gasteiger partial charge in [0, 0.05) is 22.2 Å². The number of hydrogen-bond acceptors (Lipinski definition) is 5. The smallest absolute Gasteiger partial charge is 0.363 e. The SMILES string of the molecule is Cc1ccc(C2=N/C(=C\c3cccc(Cl)c3)C(=O)O2)cc1[N+](=O)[O-]. The van der Waals surface area contributed by atoms with E-state index in [9.17, 15) is 14.9 Å². The first-order valence-electron chi connectivity index (χ1n) is 6.97. The van der Waals surface area contributed by atoms with Gasteiger partial charge in [-0.25, -0.2) is 9.79 Å². The maximum absolute atomic E-state index is 12.0. The minimum Gasteiger partial charge on any atom is -0.402 e. The van der Waals surface area contributed by atoms with E-state index in [1.54, 1.807) is 49.4 Å². The van der Waals surface area contributed by atoms with Gasteiger partial charge in [-0.1, -0.05) is 29.8 Å². The zero-order valence-electron chi connectivity index (χ0n) is 12.5. The zero-order valence-corrected chi connectivity index (χ0v) is 13.3. The summed E-state index contributed by atoms with van der Waals surface area (Å²) in [5, 5.41) is 11.6. The Hall–Kier alpha value is -2.99. The van der Waals surface area contributed by atoms with Crippen LogP contribution in [0.25, 0.3) is 6.08 Å². The molecule has 2 aromatic carbocycles. The average molecular weight is 343 g/mol. The molecule has 0 bridgehead atoms. The van der Waals surface area contributed by atoms with E-state index in [1.807, 2.05) is 0 Å². The van der Waals surface area contributed by atoms with Crippen LogP contribution in [0.2, 0.25) is 5.02 Å². The molecule has 1 aliphatic heterocycles. The third-order valence-electron chi connectivity index (χ3n) is 3.43. The Kier molecular flexibility index (Phi) is 4.14. The van der Waals surface area contributed by atoms with E-state index in [-0.39, 0.29) is 17.3 Å². The fraction of sp³-hybridized carbons (Fsp3) is 0.0588. The molecule has 6 nitrogen and oxygen atoms in total. The van der Waals surface area contributed by atoms with Crippen molar-refractivity contribution in [2.75, 3.05) is 0 Å². The van der Waals surface area contributed by atoms with Crippen LogP contribution in [0.4, 0.5) is 5.69 Å². The van der Waals surface area contributed by atoms with Crippen LogP contribution in [0, 0.1) is 17.0 Å². The number of cyclic esters (lactones) is 1. The van der Waals surface area contributed by atoms with Crippen molar-refractivity contribution in [3.05, 3.63) is 80.0 Å². The first-order chi connectivity index (χ1) is 11.4. The Bertz CT molecular complexity index is 919. The maximum atomic E-state index is 12.0. The summed E-state index contributed by atoms with van der Waals surface area (Å²) < 4.78 is 5.12. The van der Waals surface area contributed by atoms with Crippen molar-refractivity contribution in [2.24, 2.45) is 4.99 Å².